The lowest BCUT2D eigenvalue weighted by molar-refractivity contribution is -0.114. The number of H-pyrrole nitrogens is 1. The minimum Gasteiger partial charge on any atom is -0.478 e. The van der Waals surface area contributed by atoms with E-state index < -0.39 is 11.5 Å². The molecule has 1 aromatic carbocycles. The number of benzene rings is 1. The molecule has 1 amide bonds. The molecule has 2 aromatic rings. The van der Waals surface area contributed by atoms with Crippen LogP contribution in [0.5, 0.6) is 0 Å². The van der Waals surface area contributed by atoms with Gasteiger partial charge in [0.15, 0.2) is 0 Å². The highest BCUT2D eigenvalue weighted by Gasteiger charge is 2.13. The van der Waals surface area contributed by atoms with Gasteiger partial charge in [-0.05, 0) is 17.7 Å². The molecule has 0 bridgehead atoms. The summed E-state index contributed by atoms with van der Waals surface area (Å²) in [6, 6.07) is 7.75. The third kappa shape index (κ3) is 2.92. The highest BCUT2D eigenvalue weighted by atomic mass is 16.4. The van der Waals surface area contributed by atoms with Crippen LogP contribution in [0, 0.1) is 0 Å². The van der Waals surface area contributed by atoms with Gasteiger partial charge in [0.05, 0.1) is 5.56 Å². The van der Waals surface area contributed by atoms with Crippen molar-refractivity contribution in [3.63, 3.8) is 0 Å². The first kappa shape index (κ1) is 13.5. The van der Waals surface area contributed by atoms with Crippen molar-refractivity contribution in [3.8, 4) is 11.1 Å². The number of carbonyl (C=O) groups excluding carboxylic acids is 1. The normalized spacial score (nSPS) is 10.1. The van der Waals surface area contributed by atoms with Crippen molar-refractivity contribution in [1.82, 2.24) is 4.98 Å². The molecular formula is C14H12N2O4. The van der Waals surface area contributed by atoms with Crippen LogP contribution in [0.15, 0.2) is 41.3 Å². The molecular weight excluding hydrogens is 260 g/mol. The second-order valence-corrected chi connectivity index (χ2v) is 4.19. The Labute approximate surface area is 114 Å². The molecule has 2 rings (SSSR count). The number of hydrogen-bond donors (Lipinski definition) is 3. The monoisotopic (exact) mass is 272 g/mol. The van der Waals surface area contributed by atoms with Gasteiger partial charge in [-0.15, -0.1) is 0 Å². The second-order valence-electron chi connectivity index (χ2n) is 4.19. The number of rotatable bonds is 3. The van der Waals surface area contributed by atoms with E-state index in [1.54, 1.807) is 24.3 Å². The van der Waals surface area contributed by atoms with E-state index in [-0.39, 0.29) is 11.5 Å². The van der Waals surface area contributed by atoms with Gasteiger partial charge in [-0.3, -0.25) is 9.59 Å². The van der Waals surface area contributed by atoms with Gasteiger partial charge < -0.3 is 15.4 Å². The second kappa shape index (κ2) is 5.40. The molecule has 20 heavy (non-hydrogen) atoms. The molecule has 0 fully saturated rings. The largest absolute Gasteiger partial charge is 0.478 e. The Morgan fingerprint density at radius 2 is 2.00 bits per heavy atom. The number of pyridine rings is 1. The summed E-state index contributed by atoms with van der Waals surface area (Å²) in [5.41, 5.74) is 0.949. The van der Waals surface area contributed by atoms with E-state index in [0.717, 1.165) is 6.07 Å². The molecule has 0 unspecified atom stereocenters. The molecule has 1 heterocycles. The summed E-state index contributed by atoms with van der Waals surface area (Å²) >= 11 is 0. The molecule has 0 atom stereocenters. The maximum atomic E-state index is 11.2. The van der Waals surface area contributed by atoms with Crippen LogP contribution in [0.4, 0.5) is 5.69 Å². The fourth-order valence-electron chi connectivity index (χ4n) is 1.86. The lowest BCUT2D eigenvalue weighted by Gasteiger charge is -2.08. The summed E-state index contributed by atoms with van der Waals surface area (Å²) in [5, 5.41) is 11.8. The Bertz CT molecular complexity index is 734. The number of carboxylic acids is 1. The standard InChI is InChI=1S/C14H12N2O4/c1-8(17)16-10-4-2-3-9(5-10)12-7-15-13(18)6-11(12)14(19)20/h2-7H,1H3,(H,15,18)(H,16,17)(H,19,20). The predicted molar refractivity (Wildman–Crippen MR) is 73.8 cm³/mol. The van der Waals surface area contributed by atoms with E-state index in [4.69, 9.17) is 5.11 Å². The first-order chi connectivity index (χ1) is 9.47. The number of carboxylic acid groups (broad SMARTS) is 1. The number of anilines is 1. The molecule has 0 saturated heterocycles. The first-order valence-electron chi connectivity index (χ1n) is 5.81. The molecule has 1 aromatic heterocycles. The van der Waals surface area contributed by atoms with E-state index in [0.29, 0.717) is 16.8 Å². The Hall–Kier alpha value is -2.89. The molecule has 0 aliphatic heterocycles. The fourth-order valence-corrected chi connectivity index (χ4v) is 1.86. The maximum absolute atomic E-state index is 11.2. The van der Waals surface area contributed by atoms with Crippen LogP contribution in [0.1, 0.15) is 17.3 Å². The van der Waals surface area contributed by atoms with Gasteiger partial charge in [0, 0.05) is 30.4 Å². The smallest absolute Gasteiger partial charge is 0.336 e. The third-order valence-electron chi connectivity index (χ3n) is 2.65. The van der Waals surface area contributed by atoms with Crippen molar-refractivity contribution in [1.29, 1.82) is 0 Å². The quantitative estimate of drug-likeness (QED) is 0.791. The average Bonchev–Trinajstić information content (AvgIpc) is 2.38. The first-order valence-corrected chi connectivity index (χ1v) is 5.81. The van der Waals surface area contributed by atoms with Crippen LogP contribution in [-0.2, 0) is 4.79 Å². The highest BCUT2D eigenvalue weighted by Crippen LogP contribution is 2.24. The maximum Gasteiger partial charge on any atom is 0.336 e. The summed E-state index contributed by atoms with van der Waals surface area (Å²) in [7, 11) is 0. The Morgan fingerprint density at radius 1 is 1.25 bits per heavy atom. The molecule has 6 heteroatoms. The predicted octanol–water partition coefficient (Wildman–Crippen LogP) is 1.70. The third-order valence-corrected chi connectivity index (χ3v) is 2.65. The number of amides is 1. The lowest BCUT2D eigenvalue weighted by atomic mass is 10.0. The van der Waals surface area contributed by atoms with E-state index in [1.165, 1.54) is 13.1 Å². The van der Waals surface area contributed by atoms with Gasteiger partial charge >= 0.3 is 5.97 Å². The minimum atomic E-state index is -1.18. The average molecular weight is 272 g/mol. The number of aromatic nitrogens is 1. The van der Waals surface area contributed by atoms with Gasteiger partial charge in [0.1, 0.15) is 0 Å². The molecule has 0 radical (unpaired) electrons. The molecule has 0 spiro atoms. The number of nitrogens with one attached hydrogen (secondary N) is 2. The van der Waals surface area contributed by atoms with E-state index in [9.17, 15) is 14.4 Å². The van der Waals surface area contributed by atoms with Gasteiger partial charge in [0.2, 0.25) is 11.5 Å². The zero-order chi connectivity index (χ0) is 14.7. The zero-order valence-electron chi connectivity index (χ0n) is 10.6. The molecule has 6 nitrogen and oxygen atoms in total. The minimum absolute atomic E-state index is 0.0891. The van der Waals surface area contributed by atoms with Crippen molar-refractivity contribution < 1.29 is 14.7 Å². The summed E-state index contributed by atoms with van der Waals surface area (Å²) in [4.78, 5) is 35.9. The number of carbonyl (C=O) groups is 2. The van der Waals surface area contributed by atoms with Crippen molar-refractivity contribution in [2.24, 2.45) is 0 Å². The van der Waals surface area contributed by atoms with Crippen molar-refractivity contribution >= 4 is 17.6 Å². The lowest BCUT2D eigenvalue weighted by Crippen LogP contribution is -2.10. The number of aromatic amines is 1. The van der Waals surface area contributed by atoms with Crippen LogP contribution < -0.4 is 10.9 Å². The van der Waals surface area contributed by atoms with E-state index in [1.807, 2.05) is 0 Å². The Kier molecular flexibility index (Phi) is 3.65. The Balaban J connectivity index is 2.54. The van der Waals surface area contributed by atoms with E-state index >= 15 is 0 Å². The SMILES string of the molecule is CC(=O)Nc1cccc(-c2c[nH]c(=O)cc2C(=O)O)c1. The zero-order valence-corrected chi connectivity index (χ0v) is 10.6. The topological polar surface area (TPSA) is 99.3 Å². The van der Waals surface area contributed by atoms with Crippen LogP contribution in [0.25, 0.3) is 11.1 Å². The van der Waals surface area contributed by atoms with Crippen molar-refractivity contribution in [3.05, 3.63) is 52.4 Å². The van der Waals surface area contributed by atoms with Crippen LogP contribution in [0.3, 0.4) is 0 Å². The van der Waals surface area contributed by atoms with Crippen LogP contribution in [-0.4, -0.2) is 22.0 Å². The van der Waals surface area contributed by atoms with Crippen molar-refractivity contribution in [2.75, 3.05) is 5.32 Å². The number of aromatic carboxylic acids is 1. The van der Waals surface area contributed by atoms with E-state index in [2.05, 4.69) is 10.3 Å². The van der Waals surface area contributed by atoms with Crippen LogP contribution >= 0.6 is 0 Å². The fraction of sp³-hybridized carbons (Fsp3) is 0.0714. The van der Waals surface area contributed by atoms with Gasteiger partial charge in [0.25, 0.3) is 0 Å². The van der Waals surface area contributed by atoms with Crippen LogP contribution in [0.2, 0.25) is 0 Å². The van der Waals surface area contributed by atoms with Gasteiger partial charge in [-0.1, -0.05) is 12.1 Å². The Morgan fingerprint density at radius 3 is 2.65 bits per heavy atom. The molecule has 3 N–H and O–H groups in total. The molecule has 0 aliphatic carbocycles. The van der Waals surface area contributed by atoms with Gasteiger partial charge in [-0.2, -0.15) is 0 Å². The molecule has 102 valence electrons. The summed E-state index contributed by atoms with van der Waals surface area (Å²) in [6.07, 6.45) is 1.35. The van der Waals surface area contributed by atoms with Gasteiger partial charge in [-0.25, -0.2) is 4.79 Å². The molecule has 0 saturated carbocycles. The molecule has 0 aliphatic rings. The summed E-state index contributed by atoms with van der Waals surface area (Å²) in [5.74, 6) is -1.40. The number of hydrogen-bond acceptors (Lipinski definition) is 3. The van der Waals surface area contributed by atoms with Crippen molar-refractivity contribution in [2.45, 2.75) is 6.92 Å². The summed E-state index contributed by atoms with van der Waals surface area (Å²) in [6.45, 7) is 1.38. The summed E-state index contributed by atoms with van der Waals surface area (Å²) < 4.78 is 0. The highest BCUT2D eigenvalue weighted by molar-refractivity contribution is 5.96.